The number of methoxy groups -OCH3 is 1. The maximum atomic E-state index is 13.4. The molecule has 7 nitrogen and oxygen atoms in total. The lowest BCUT2D eigenvalue weighted by atomic mass is 9.76. The van der Waals surface area contributed by atoms with Crippen LogP contribution in [0.25, 0.3) is 0 Å². The van der Waals surface area contributed by atoms with Crippen LogP contribution in [0.2, 0.25) is 0 Å². The van der Waals surface area contributed by atoms with E-state index in [4.69, 9.17) is 14.2 Å². The number of benzene rings is 2. The van der Waals surface area contributed by atoms with Crippen LogP contribution in [0.15, 0.2) is 36.4 Å². The topological polar surface area (TPSA) is 77.1 Å². The molecule has 1 N–H and O–H groups in total. The van der Waals surface area contributed by atoms with Crippen molar-refractivity contribution in [3.8, 4) is 17.2 Å². The smallest absolute Gasteiger partial charge is 0.325 e. The van der Waals surface area contributed by atoms with Gasteiger partial charge in [-0.3, -0.25) is 9.69 Å². The number of nitrogens with one attached hydrogen (secondary N) is 1. The molecule has 7 heteroatoms. The van der Waals surface area contributed by atoms with E-state index in [0.717, 1.165) is 35.3 Å². The minimum atomic E-state index is -0.993. The first-order valence-corrected chi connectivity index (χ1v) is 9.31. The fourth-order valence-electron chi connectivity index (χ4n) is 4.34. The Bertz CT molecular complexity index is 989. The number of nitrogens with zero attached hydrogens (tertiary/aromatic N) is 1. The molecule has 3 aliphatic rings. The molecule has 0 saturated carbocycles. The van der Waals surface area contributed by atoms with Crippen molar-refractivity contribution >= 4 is 11.9 Å². The molecule has 1 fully saturated rings. The van der Waals surface area contributed by atoms with Gasteiger partial charge in [0.25, 0.3) is 5.91 Å². The molecule has 1 spiro atoms. The third-order valence-corrected chi connectivity index (χ3v) is 5.72. The second-order valence-electron chi connectivity index (χ2n) is 7.29. The van der Waals surface area contributed by atoms with Gasteiger partial charge in [-0.05, 0) is 60.2 Å². The highest BCUT2D eigenvalue weighted by atomic mass is 16.7. The van der Waals surface area contributed by atoms with E-state index in [1.165, 1.54) is 4.90 Å². The molecule has 3 amide bonds. The first-order valence-electron chi connectivity index (χ1n) is 9.31. The lowest BCUT2D eigenvalue weighted by Gasteiger charge is -2.33. The Hall–Kier alpha value is -3.22. The Balaban J connectivity index is 1.47. The van der Waals surface area contributed by atoms with Gasteiger partial charge in [0.15, 0.2) is 11.5 Å². The van der Waals surface area contributed by atoms with Crippen molar-refractivity contribution in [2.45, 2.75) is 31.3 Å². The van der Waals surface area contributed by atoms with Crippen molar-refractivity contribution in [2.75, 3.05) is 13.9 Å². The summed E-state index contributed by atoms with van der Waals surface area (Å²) < 4.78 is 16.0. The highest BCUT2D eigenvalue weighted by Crippen LogP contribution is 2.42. The molecule has 1 saturated heterocycles. The van der Waals surface area contributed by atoms with Gasteiger partial charge in [-0.1, -0.05) is 12.1 Å². The number of hydrogen-bond acceptors (Lipinski definition) is 5. The van der Waals surface area contributed by atoms with Crippen LogP contribution >= 0.6 is 0 Å². The molecule has 0 bridgehead atoms. The molecule has 0 radical (unpaired) electrons. The zero-order valence-corrected chi connectivity index (χ0v) is 15.5. The van der Waals surface area contributed by atoms with Gasteiger partial charge < -0.3 is 19.5 Å². The van der Waals surface area contributed by atoms with Gasteiger partial charge in [0, 0.05) is 0 Å². The van der Waals surface area contributed by atoms with E-state index in [9.17, 15) is 9.59 Å². The van der Waals surface area contributed by atoms with Crippen molar-refractivity contribution in [3.05, 3.63) is 53.1 Å². The average molecular weight is 380 g/mol. The molecule has 2 aromatic rings. The van der Waals surface area contributed by atoms with Crippen molar-refractivity contribution in [3.63, 3.8) is 0 Å². The van der Waals surface area contributed by atoms with E-state index in [2.05, 4.69) is 5.32 Å². The van der Waals surface area contributed by atoms with E-state index in [0.29, 0.717) is 17.9 Å². The Morgan fingerprint density at radius 3 is 2.86 bits per heavy atom. The fraction of sp³-hybridized carbons (Fsp3) is 0.333. The molecule has 2 aromatic carbocycles. The van der Waals surface area contributed by atoms with Crippen LogP contribution in [0.5, 0.6) is 17.2 Å². The number of fused-ring (bicyclic) bond motifs is 3. The van der Waals surface area contributed by atoms with E-state index in [1.807, 2.05) is 30.3 Å². The number of imide groups is 1. The zero-order chi connectivity index (χ0) is 19.3. The van der Waals surface area contributed by atoms with Gasteiger partial charge >= 0.3 is 6.03 Å². The summed E-state index contributed by atoms with van der Waals surface area (Å²) in [7, 11) is 1.62. The largest absolute Gasteiger partial charge is 0.497 e. The van der Waals surface area contributed by atoms with Crippen molar-refractivity contribution in [1.29, 1.82) is 0 Å². The fourth-order valence-corrected chi connectivity index (χ4v) is 4.34. The Labute approximate surface area is 162 Å². The van der Waals surface area contributed by atoms with E-state index >= 15 is 0 Å². The molecule has 28 heavy (non-hydrogen) atoms. The standard InChI is InChI=1S/C21H20N2O5/c1-26-15-5-6-16-14(10-15)3-2-8-21(16)19(24)23(20(25)22-21)11-13-4-7-17-18(9-13)28-12-27-17/h4-7,9-10H,2-3,8,11-12H2,1H3,(H,22,25)/t21-/m0/s1. The molecule has 2 aliphatic heterocycles. The predicted molar refractivity (Wildman–Crippen MR) is 99.3 cm³/mol. The average Bonchev–Trinajstić information content (AvgIpc) is 3.26. The molecule has 1 aliphatic carbocycles. The molecular weight excluding hydrogens is 360 g/mol. The summed E-state index contributed by atoms with van der Waals surface area (Å²) in [6.07, 6.45) is 2.28. The quantitative estimate of drug-likeness (QED) is 0.829. The van der Waals surface area contributed by atoms with Crippen LogP contribution in [0.1, 0.15) is 29.5 Å². The highest BCUT2D eigenvalue weighted by molar-refractivity contribution is 6.07. The minimum Gasteiger partial charge on any atom is -0.497 e. The molecule has 5 rings (SSSR count). The van der Waals surface area contributed by atoms with E-state index in [1.54, 1.807) is 13.2 Å². The summed E-state index contributed by atoms with van der Waals surface area (Å²) in [6, 6.07) is 10.8. The van der Waals surface area contributed by atoms with Crippen molar-refractivity contribution < 1.29 is 23.8 Å². The third-order valence-electron chi connectivity index (χ3n) is 5.72. The minimum absolute atomic E-state index is 0.186. The van der Waals surface area contributed by atoms with E-state index < -0.39 is 5.54 Å². The van der Waals surface area contributed by atoms with Crippen LogP contribution < -0.4 is 19.5 Å². The van der Waals surface area contributed by atoms with Gasteiger partial charge in [0.1, 0.15) is 11.3 Å². The number of rotatable bonds is 3. The van der Waals surface area contributed by atoms with Crippen LogP contribution in [-0.4, -0.2) is 30.7 Å². The van der Waals surface area contributed by atoms with Gasteiger partial charge in [0.2, 0.25) is 6.79 Å². The van der Waals surface area contributed by atoms with Crippen LogP contribution in [-0.2, 0) is 23.3 Å². The van der Waals surface area contributed by atoms with Crippen molar-refractivity contribution in [1.82, 2.24) is 10.2 Å². The normalized spacial score (nSPS) is 22.4. The maximum Gasteiger partial charge on any atom is 0.325 e. The van der Waals surface area contributed by atoms with Crippen LogP contribution in [0.4, 0.5) is 4.79 Å². The summed E-state index contributed by atoms with van der Waals surface area (Å²) in [5.41, 5.74) is 1.73. The number of ether oxygens (including phenoxy) is 3. The number of carbonyl (C=O) groups is 2. The SMILES string of the molecule is COc1ccc2c(c1)CCC[C@]21NC(=O)N(Cc2ccc3c(c2)OCO3)C1=O. The Kier molecular flexibility index (Phi) is 3.72. The summed E-state index contributed by atoms with van der Waals surface area (Å²) in [4.78, 5) is 27.4. The Morgan fingerprint density at radius 1 is 1.14 bits per heavy atom. The summed E-state index contributed by atoms with van der Waals surface area (Å²) in [5, 5.41) is 2.98. The van der Waals surface area contributed by atoms with Gasteiger partial charge in [0.05, 0.1) is 13.7 Å². The van der Waals surface area contributed by atoms with Crippen LogP contribution in [0, 0.1) is 0 Å². The zero-order valence-electron chi connectivity index (χ0n) is 15.5. The highest BCUT2D eigenvalue weighted by Gasteiger charge is 2.53. The number of amides is 3. The van der Waals surface area contributed by atoms with Gasteiger partial charge in [-0.2, -0.15) is 0 Å². The van der Waals surface area contributed by atoms with E-state index in [-0.39, 0.29) is 25.3 Å². The van der Waals surface area contributed by atoms with Crippen molar-refractivity contribution in [2.24, 2.45) is 0 Å². The molecule has 0 unspecified atom stereocenters. The summed E-state index contributed by atoms with van der Waals surface area (Å²) in [5.74, 6) is 1.85. The molecular formula is C21H20N2O5. The van der Waals surface area contributed by atoms with Crippen LogP contribution in [0.3, 0.4) is 0 Å². The first-order chi connectivity index (χ1) is 13.6. The second kappa shape index (κ2) is 6.15. The first kappa shape index (κ1) is 16.9. The Morgan fingerprint density at radius 2 is 2.00 bits per heavy atom. The number of aryl methyl sites for hydroxylation is 1. The summed E-state index contributed by atoms with van der Waals surface area (Å²) >= 11 is 0. The molecule has 0 aromatic heterocycles. The number of urea groups is 1. The number of hydrogen-bond donors (Lipinski definition) is 1. The lowest BCUT2D eigenvalue weighted by Crippen LogP contribution is -2.46. The van der Waals surface area contributed by atoms with Gasteiger partial charge in [-0.25, -0.2) is 4.79 Å². The maximum absolute atomic E-state index is 13.4. The third kappa shape index (κ3) is 2.42. The molecule has 144 valence electrons. The van der Waals surface area contributed by atoms with Gasteiger partial charge in [-0.15, -0.1) is 0 Å². The predicted octanol–water partition coefficient (Wildman–Crippen LogP) is 2.71. The monoisotopic (exact) mass is 380 g/mol. The summed E-state index contributed by atoms with van der Waals surface area (Å²) in [6.45, 7) is 0.375. The molecule has 2 heterocycles. The number of carbonyl (C=O) groups excluding carboxylic acids is 2. The second-order valence-corrected chi connectivity index (χ2v) is 7.29. The molecule has 1 atom stereocenters. The lowest BCUT2D eigenvalue weighted by molar-refractivity contribution is -0.132.